The lowest BCUT2D eigenvalue weighted by molar-refractivity contribution is -0.140. The number of methoxy groups -OCH3 is 1. The lowest BCUT2D eigenvalue weighted by atomic mass is 9.94. The number of ketones is 1. The van der Waals surface area contributed by atoms with Crippen LogP contribution < -0.4 is 9.47 Å². The first-order valence-electron chi connectivity index (χ1n) is 10.7. The quantitative estimate of drug-likeness (QED) is 0.339. The van der Waals surface area contributed by atoms with E-state index in [1.807, 2.05) is 48.7 Å². The Kier molecular flexibility index (Phi) is 5.42. The van der Waals surface area contributed by atoms with E-state index in [0.29, 0.717) is 16.9 Å². The van der Waals surface area contributed by atoms with Gasteiger partial charge in [0.25, 0.3) is 11.7 Å². The fraction of sp³-hybridized carbons (Fsp3) is 0.231. The Hall–Kier alpha value is -3.58. The molecule has 0 bridgehead atoms. The van der Waals surface area contributed by atoms with Crippen molar-refractivity contribution in [2.75, 3.05) is 7.11 Å². The molecule has 1 saturated heterocycles. The van der Waals surface area contributed by atoms with Crippen molar-refractivity contribution in [3.05, 3.63) is 87.1 Å². The zero-order chi connectivity index (χ0) is 23.1. The molecule has 2 aliphatic heterocycles. The predicted molar refractivity (Wildman–Crippen MR) is 125 cm³/mol. The maximum Gasteiger partial charge on any atom is 0.295 e. The largest absolute Gasteiger partial charge is 0.507 e. The van der Waals surface area contributed by atoms with Crippen molar-refractivity contribution in [3.8, 4) is 11.5 Å². The molecule has 7 heteroatoms. The van der Waals surface area contributed by atoms with Gasteiger partial charge < -0.3 is 19.5 Å². The molecule has 2 aromatic carbocycles. The van der Waals surface area contributed by atoms with Crippen LogP contribution in [-0.2, 0) is 22.6 Å². The normalized spacial score (nSPS) is 21.2. The third kappa shape index (κ3) is 3.68. The Morgan fingerprint density at radius 3 is 2.76 bits per heavy atom. The predicted octanol–water partition coefficient (Wildman–Crippen LogP) is 4.70. The van der Waals surface area contributed by atoms with Gasteiger partial charge in [-0.05, 0) is 48.2 Å². The number of ether oxygens (including phenoxy) is 2. The number of carbonyl (C=O) groups is 2. The molecule has 5 rings (SSSR count). The summed E-state index contributed by atoms with van der Waals surface area (Å²) in [7, 11) is 1.55. The Morgan fingerprint density at radius 2 is 2.00 bits per heavy atom. The Balaban J connectivity index is 1.66. The Labute approximate surface area is 195 Å². The summed E-state index contributed by atoms with van der Waals surface area (Å²) in [6.07, 6.45) is 0.779. The SMILES string of the molecule is COc1ccccc1C1/C(=C(\O)c2ccc3c(c2)CC(C)O3)C(=O)C(=O)N1Cc1cccs1. The fourth-order valence-corrected chi connectivity index (χ4v) is 5.26. The molecule has 0 saturated carbocycles. The zero-order valence-corrected chi connectivity index (χ0v) is 19.1. The van der Waals surface area contributed by atoms with Crippen molar-refractivity contribution in [2.24, 2.45) is 0 Å². The van der Waals surface area contributed by atoms with Gasteiger partial charge >= 0.3 is 0 Å². The average molecular weight is 462 g/mol. The molecule has 2 unspecified atom stereocenters. The number of carbonyl (C=O) groups excluding carboxylic acids is 2. The average Bonchev–Trinajstić information content (AvgIpc) is 3.52. The minimum Gasteiger partial charge on any atom is -0.507 e. The highest BCUT2D eigenvalue weighted by Gasteiger charge is 2.47. The minimum atomic E-state index is -0.772. The highest BCUT2D eigenvalue weighted by Crippen LogP contribution is 2.44. The standard InChI is InChI=1S/C26H23NO5S/c1-15-12-17-13-16(9-10-20(17)32-15)24(28)22-23(19-7-3-4-8-21(19)31-2)27(26(30)25(22)29)14-18-6-5-11-33-18/h3-11,13,15,23,28H,12,14H2,1-2H3/b24-22+. The Bertz CT molecular complexity index is 1260. The summed E-state index contributed by atoms with van der Waals surface area (Å²) < 4.78 is 11.3. The van der Waals surface area contributed by atoms with E-state index in [4.69, 9.17) is 9.47 Å². The number of likely N-dealkylation sites (tertiary alicyclic amines) is 1. The number of aliphatic hydroxyl groups excluding tert-OH is 1. The molecule has 33 heavy (non-hydrogen) atoms. The van der Waals surface area contributed by atoms with E-state index in [-0.39, 0.29) is 24.0 Å². The van der Waals surface area contributed by atoms with Gasteiger partial charge in [0.2, 0.25) is 0 Å². The number of hydrogen-bond acceptors (Lipinski definition) is 6. The maximum atomic E-state index is 13.3. The van der Waals surface area contributed by atoms with Crippen LogP contribution in [0, 0.1) is 0 Å². The van der Waals surface area contributed by atoms with E-state index in [9.17, 15) is 14.7 Å². The third-order valence-corrected chi connectivity index (χ3v) is 6.91. The van der Waals surface area contributed by atoms with Crippen LogP contribution in [0.4, 0.5) is 0 Å². The molecule has 2 atom stereocenters. The second kappa shape index (κ2) is 8.41. The van der Waals surface area contributed by atoms with Crippen molar-refractivity contribution in [3.63, 3.8) is 0 Å². The number of Topliss-reactive ketones (excluding diaryl/α,β-unsaturated/α-hetero) is 1. The summed E-state index contributed by atoms with van der Waals surface area (Å²) >= 11 is 1.51. The van der Waals surface area contributed by atoms with Crippen LogP contribution in [-0.4, -0.2) is 34.9 Å². The second-order valence-corrected chi connectivity index (χ2v) is 9.24. The first kappa shape index (κ1) is 21.3. The molecule has 6 nitrogen and oxygen atoms in total. The molecule has 1 aromatic heterocycles. The van der Waals surface area contributed by atoms with E-state index in [1.165, 1.54) is 16.2 Å². The van der Waals surface area contributed by atoms with Crippen molar-refractivity contribution in [1.29, 1.82) is 0 Å². The second-order valence-electron chi connectivity index (χ2n) is 8.20. The van der Waals surface area contributed by atoms with E-state index in [2.05, 4.69) is 0 Å². The Morgan fingerprint density at radius 1 is 1.18 bits per heavy atom. The smallest absolute Gasteiger partial charge is 0.295 e. The first-order chi connectivity index (χ1) is 16.0. The number of rotatable bonds is 5. The van der Waals surface area contributed by atoms with E-state index >= 15 is 0 Å². The summed E-state index contributed by atoms with van der Waals surface area (Å²) in [5.74, 6) is -0.217. The van der Waals surface area contributed by atoms with Crippen molar-refractivity contribution < 1.29 is 24.2 Å². The third-order valence-electron chi connectivity index (χ3n) is 6.05. The molecule has 0 aliphatic carbocycles. The highest BCUT2D eigenvalue weighted by atomic mass is 32.1. The molecule has 2 aliphatic rings. The topological polar surface area (TPSA) is 76.1 Å². The lowest BCUT2D eigenvalue weighted by Gasteiger charge is -2.26. The minimum absolute atomic E-state index is 0.0577. The van der Waals surface area contributed by atoms with Crippen molar-refractivity contribution in [1.82, 2.24) is 4.90 Å². The van der Waals surface area contributed by atoms with Crippen LogP contribution in [0.1, 0.15) is 34.5 Å². The first-order valence-corrected chi connectivity index (χ1v) is 11.6. The zero-order valence-electron chi connectivity index (χ0n) is 18.3. The van der Waals surface area contributed by atoms with Crippen LogP contribution in [0.2, 0.25) is 0 Å². The van der Waals surface area contributed by atoms with Gasteiger partial charge in [0, 0.05) is 22.4 Å². The molecule has 1 amide bonds. The van der Waals surface area contributed by atoms with Gasteiger partial charge in [-0.3, -0.25) is 9.59 Å². The molecule has 168 valence electrons. The number of hydrogen-bond donors (Lipinski definition) is 1. The number of para-hydroxylation sites is 1. The van der Waals surface area contributed by atoms with Crippen LogP contribution in [0.25, 0.3) is 5.76 Å². The summed E-state index contributed by atoms with van der Waals surface area (Å²) in [5.41, 5.74) is 2.16. The fourth-order valence-electron chi connectivity index (χ4n) is 4.55. The van der Waals surface area contributed by atoms with E-state index in [0.717, 1.165) is 22.6 Å². The number of benzene rings is 2. The van der Waals surface area contributed by atoms with Gasteiger partial charge in [-0.25, -0.2) is 0 Å². The van der Waals surface area contributed by atoms with Gasteiger partial charge in [0.15, 0.2) is 0 Å². The monoisotopic (exact) mass is 461 g/mol. The summed E-state index contributed by atoms with van der Waals surface area (Å²) in [5, 5.41) is 13.3. The van der Waals surface area contributed by atoms with Gasteiger partial charge in [0.05, 0.1) is 25.3 Å². The van der Waals surface area contributed by atoms with Crippen LogP contribution in [0.3, 0.4) is 0 Å². The number of thiophene rings is 1. The van der Waals surface area contributed by atoms with Gasteiger partial charge in [-0.1, -0.05) is 24.3 Å². The molecular weight excluding hydrogens is 438 g/mol. The van der Waals surface area contributed by atoms with Gasteiger partial charge in [-0.2, -0.15) is 0 Å². The van der Waals surface area contributed by atoms with Gasteiger partial charge in [0.1, 0.15) is 23.4 Å². The maximum absolute atomic E-state index is 13.3. The molecule has 1 fully saturated rings. The molecule has 0 radical (unpaired) electrons. The van der Waals surface area contributed by atoms with Crippen LogP contribution in [0.15, 0.2) is 65.6 Å². The summed E-state index contributed by atoms with van der Waals surface area (Å²) in [6, 6.07) is 15.7. The van der Waals surface area contributed by atoms with Crippen molar-refractivity contribution >= 4 is 28.8 Å². The molecule has 1 N–H and O–H groups in total. The molecule has 0 spiro atoms. The molecule has 3 aromatic rings. The lowest BCUT2D eigenvalue weighted by Crippen LogP contribution is -2.29. The number of fused-ring (bicyclic) bond motifs is 1. The van der Waals surface area contributed by atoms with Gasteiger partial charge in [-0.15, -0.1) is 11.3 Å². The molecular formula is C26H23NO5S. The van der Waals surface area contributed by atoms with Crippen molar-refractivity contribution in [2.45, 2.75) is 32.0 Å². The van der Waals surface area contributed by atoms with E-state index < -0.39 is 17.7 Å². The number of nitrogens with zero attached hydrogens (tertiary/aromatic N) is 1. The number of aliphatic hydroxyl groups is 1. The highest BCUT2D eigenvalue weighted by molar-refractivity contribution is 7.09. The van der Waals surface area contributed by atoms with E-state index in [1.54, 1.807) is 25.3 Å². The molecule has 3 heterocycles. The summed E-state index contributed by atoms with van der Waals surface area (Å²) in [6.45, 7) is 2.24. The van der Waals surface area contributed by atoms with Crippen LogP contribution >= 0.6 is 11.3 Å². The van der Waals surface area contributed by atoms with Crippen LogP contribution in [0.5, 0.6) is 11.5 Å². The summed E-state index contributed by atoms with van der Waals surface area (Å²) in [4.78, 5) is 28.9. The number of amides is 1.